The molecular weight excluding hydrogens is 592 g/mol. The molecule has 1 saturated carbocycles. The van der Waals surface area contributed by atoms with Gasteiger partial charge in [0.15, 0.2) is 17.9 Å². The number of hydrogen-bond donors (Lipinski definition) is 3. The summed E-state index contributed by atoms with van der Waals surface area (Å²) in [5, 5.41) is 14.2. The normalized spacial score (nSPS) is 30.7. The van der Waals surface area contributed by atoms with Crippen LogP contribution >= 0.6 is 19.3 Å². The lowest BCUT2D eigenvalue weighted by molar-refractivity contribution is -0.189. The van der Waals surface area contributed by atoms with Gasteiger partial charge in [0.2, 0.25) is 5.60 Å². The summed E-state index contributed by atoms with van der Waals surface area (Å²) in [5.74, 6) is -5.16. The number of halogens is 2. The maximum absolute atomic E-state index is 16.5. The second-order valence-electron chi connectivity index (χ2n) is 9.97. The minimum atomic E-state index is -4.78. The van der Waals surface area contributed by atoms with Crippen LogP contribution in [0.5, 0.6) is 5.75 Å². The molecule has 0 amide bonds. The van der Waals surface area contributed by atoms with E-state index in [2.05, 4.69) is 5.09 Å². The Kier molecular flexibility index (Phi) is 8.02. The van der Waals surface area contributed by atoms with Gasteiger partial charge in [-0.1, -0.05) is 11.6 Å². The predicted octanol–water partition coefficient (Wildman–Crippen LogP) is 1.95. The van der Waals surface area contributed by atoms with Gasteiger partial charge in [0.25, 0.3) is 11.4 Å². The molecule has 0 radical (unpaired) electrons. The van der Waals surface area contributed by atoms with E-state index in [1.54, 1.807) is 13.8 Å². The van der Waals surface area contributed by atoms with Crippen LogP contribution in [0.15, 0.2) is 46.1 Å². The van der Waals surface area contributed by atoms with E-state index in [4.69, 9.17) is 34.9 Å². The van der Waals surface area contributed by atoms with Crippen LogP contribution in [-0.4, -0.2) is 61.9 Å². The third-order valence-corrected chi connectivity index (χ3v) is 8.29. The van der Waals surface area contributed by atoms with Crippen LogP contribution in [0.2, 0.25) is 5.02 Å². The third kappa shape index (κ3) is 5.45. The maximum Gasteiger partial charge on any atom is 0.460 e. The van der Waals surface area contributed by atoms with Crippen molar-refractivity contribution in [3.8, 4) is 5.75 Å². The molecular formula is C24H28ClFN3O11P. The Morgan fingerprint density at radius 2 is 1.85 bits per heavy atom. The van der Waals surface area contributed by atoms with E-state index in [0.717, 1.165) is 26.1 Å². The van der Waals surface area contributed by atoms with Crippen LogP contribution in [0.1, 0.15) is 40.8 Å². The van der Waals surface area contributed by atoms with Crippen molar-refractivity contribution in [2.24, 2.45) is 0 Å². The van der Waals surface area contributed by atoms with Crippen molar-refractivity contribution in [2.75, 3.05) is 0 Å². The number of esters is 2. The molecule has 2 aromatic rings. The van der Waals surface area contributed by atoms with Crippen LogP contribution in [0.25, 0.3) is 0 Å². The van der Waals surface area contributed by atoms with E-state index >= 15 is 4.39 Å². The molecule has 1 aliphatic carbocycles. The Labute approximate surface area is 237 Å². The standard InChI is InChI=1S/C24H28ClFN3O11P/c1-12(2)36-18(32)13(3)28-41(35,39-16-8-6-15(25)7-9-16)40-19-23(37-14(4)30)22(5,34)20(38-24(19,23)26)29-11-10-17(31)27-21(29)33/h6-13,19-20,34H,1-5H3,(H,28,35)(H,27,31,33)/t13?,19?,20-,22+,23+,24-,41?/m1/s1. The van der Waals surface area contributed by atoms with Gasteiger partial charge in [-0.2, -0.15) is 5.09 Å². The van der Waals surface area contributed by atoms with Gasteiger partial charge in [0.05, 0.1) is 6.10 Å². The van der Waals surface area contributed by atoms with Gasteiger partial charge in [-0.15, -0.1) is 0 Å². The smallest absolute Gasteiger partial charge is 0.460 e. The van der Waals surface area contributed by atoms with Crippen molar-refractivity contribution >= 4 is 31.3 Å². The summed E-state index contributed by atoms with van der Waals surface area (Å²) in [6.45, 7) is 6.40. The fourth-order valence-electron chi connectivity index (χ4n) is 4.59. The largest absolute Gasteiger partial charge is 0.462 e. The third-order valence-electron chi connectivity index (χ3n) is 6.39. The van der Waals surface area contributed by atoms with Gasteiger partial charge in [-0.3, -0.25) is 28.5 Å². The van der Waals surface area contributed by atoms with E-state index in [9.17, 15) is 28.8 Å². The van der Waals surface area contributed by atoms with Crippen molar-refractivity contribution in [3.63, 3.8) is 0 Å². The summed E-state index contributed by atoms with van der Waals surface area (Å²) >= 11 is 5.90. The zero-order valence-electron chi connectivity index (χ0n) is 22.5. The number of hydrogen-bond acceptors (Lipinski definition) is 11. The lowest BCUT2D eigenvalue weighted by atomic mass is 9.94. The Morgan fingerprint density at radius 3 is 2.41 bits per heavy atom. The highest BCUT2D eigenvalue weighted by Crippen LogP contribution is 2.73. The number of rotatable bonds is 10. The number of fused-ring (bicyclic) bond motifs is 1. The average molecular weight is 620 g/mol. The maximum atomic E-state index is 16.5. The Bertz CT molecular complexity index is 1510. The molecule has 1 aromatic carbocycles. The molecule has 2 fully saturated rings. The number of aromatic nitrogens is 2. The summed E-state index contributed by atoms with van der Waals surface area (Å²) in [4.78, 5) is 50.4. The zero-order chi connectivity index (χ0) is 30.5. The van der Waals surface area contributed by atoms with Crippen molar-refractivity contribution < 1.29 is 46.9 Å². The molecule has 3 unspecified atom stereocenters. The van der Waals surface area contributed by atoms with Gasteiger partial charge in [0, 0.05) is 24.2 Å². The minimum absolute atomic E-state index is 0.0692. The van der Waals surface area contributed by atoms with E-state index in [1.165, 1.54) is 31.2 Å². The van der Waals surface area contributed by atoms with Gasteiger partial charge < -0.3 is 23.8 Å². The van der Waals surface area contributed by atoms with Crippen LogP contribution in [0, 0.1) is 0 Å². The van der Waals surface area contributed by atoms with E-state index < -0.39 is 72.5 Å². The number of nitrogens with one attached hydrogen (secondary N) is 2. The molecule has 2 aliphatic rings. The molecule has 0 bridgehead atoms. The summed E-state index contributed by atoms with van der Waals surface area (Å²) in [6, 6.07) is 5.06. The number of alkyl halides is 1. The summed E-state index contributed by atoms with van der Waals surface area (Å²) in [6.07, 6.45) is -3.50. The van der Waals surface area contributed by atoms with Crippen LogP contribution < -0.4 is 20.9 Å². The van der Waals surface area contributed by atoms with Crippen molar-refractivity contribution in [1.82, 2.24) is 14.6 Å². The number of carbonyl (C=O) groups is 2. The predicted molar refractivity (Wildman–Crippen MR) is 139 cm³/mol. The molecule has 7 atom stereocenters. The molecule has 17 heteroatoms. The topological polar surface area (TPSA) is 184 Å². The van der Waals surface area contributed by atoms with E-state index in [-0.39, 0.29) is 5.75 Å². The van der Waals surface area contributed by atoms with Crippen molar-refractivity contribution in [2.45, 2.75) is 76.2 Å². The van der Waals surface area contributed by atoms with Gasteiger partial charge in [0.1, 0.15) is 11.8 Å². The lowest BCUT2D eigenvalue weighted by Gasteiger charge is -2.34. The Morgan fingerprint density at radius 1 is 1.22 bits per heavy atom. The first-order valence-electron chi connectivity index (χ1n) is 12.3. The van der Waals surface area contributed by atoms with Gasteiger partial charge in [-0.05, 0) is 52.0 Å². The molecule has 14 nitrogen and oxygen atoms in total. The molecule has 1 saturated heterocycles. The molecule has 224 valence electrons. The monoisotopic (exact) mass is 619 g/mol. The zero-order valence-corrected chi connectivity index (χ0v) is 24.1. The molecule has 41 heavy (non-hydrogen) atoms. The van der Waals surface area contributed by atoms with Crippen LogP contribution in [-0.2, 0) is 32.9 Å². The van der Waals surface area contributed by atoms with E-state index in [1.807, 2.05) is 4.98 Å². The average Bonchev–Trinajstić information content (AvgIpc) is 3.26. The summed E-state index contributed by atoms with van der Waals surface area (Å²) < 4.78 is 58.0. The molecule has 0 spiro atoms. The second-order valence-corrected chi connectivity index (χ2v) is 12.1. The fourth-order valence-corrected chi connectivity index (χ4v) is 6.41. The Balaban J connectivity index is 1.72. The SMILES string of the molecule is CC(=O)O[C@]12C(OP(=O)(NC(C)C(=O)OC(C)C)Oc3ccc(Cl)cc3)[C@@]1(F)O[C@@H](n1ccc(=O)[nH]c1=O)[C@]2(C)O. The number of ether oxygens (including phenoxy) is 3. The number of aliphatic hydroxyl groups is 1. The molecule has 3 N–H and O–H groups in total. The number of benzene rings is 1. The summed E-state index contributed by atoms with van der Waals surface area (Å²) in [5.41, 5.74) is -7.04. The van der Waals surface area contributed by atoms with Crippen LogP contribution in [0.3, 0.4) is 0 Å². The quantitative estimate of drug-likeness (QED) is 0.260. The number of nitrogens with zero attached hydrogens (tertiary/aromatic N) is 1. The Hall–Kier alpha value is -3.07. The molecule has 1 aromatic heterocycles. The summed E-state index contributed by atoms with van der Waals surface area (Å²) in [7, 11) is -4.78. The van der Waals surface area contributed by atoms with Gasteiger partial charge >= 0.3 is 25.4 Å². The second kappa shape index (κ2) is 10.6. The lowest BCUT2D eigenvalue weighted by Crippen LogP contribution is -2.53. The highest BCUT2D eigenvalue weighted by Gasteiger charge is 2.98. The highest BCUT2D eigenvalue weighted by molar-refractivity contribution is 7.52. The molecule has 1 aliphatic heterocycles. The minimum Gasteiger partial charge on any atom is -0.462 e. The fraction of sp³-hybridized carbons (Fsp3) is 0.500. The van der Waals surface area contributed by atoms with Crippen molar-refractivity contribution in [1.29, 1.82) is 0 Å². The highest BCUT2D eigenvalue weighted by atomic mass is 35.5. The first-order valence-corrected chi connectivity index (χ1v) is 14.2. The van der Waals surface area contributed by atoms with Crippen LogP contribution in [0.4, 0.5) is 4.39 Å². The van der Waals surface area contributed by atoms with Gasteiger partial charge in [-0.25, -0.2) is 13.8 Å². The number of carbonyl (C=O) groups excluding carboxylic acids is 2. The van der Waals surface area contributed by atoms with E-state index in [0.29, 0.717) is 9.59 Å². The number of H-pyrrole nitrogens is 1. The number of aromatic amines is 1. The first kappa shape index (κ1) is 30.9. The van der Waals surface area contributed by atoms with Crippen molar-refractivity contribution in [3.05, 3.63) is 62.4 Å². The molecule has 2 heterocycles. The first-order chi connectivity index (χ1) is 19.0. The molecule has 4 rings (SSSR count).